The molecule has 0 saturated heterocycles. The summed E-state index contributed by atoms with van der Waals surface area (Å²) < 4.78 is 10.8. The summed E-state index contributed by atoms with van der Waals surface area (Å²) in [5, 5.41) is 7.25. The van der Waals surface area contributed by atoms with Crippen LogP contribution in [0.4, 0.5) is 17.1 Å². The fourth-order valence-corrected chi connectivity index (χ4v) is 4.22. The van der Waals surface area contributed by atoms with E-state index in [-0.39, 0.29) is 11.9 Å². The largest absolute Gasteiger partial charge is 0.495 e. The molecule has 1 heterocycles. The Labute approximate surface area is 204 Å². The predicted octanol–water partition coefficient (Wildman–Crippen LogP) is 5.02. The lowest BCUT2D eigenvalue weighted by Crippen LogP contribution is -2.41. The molecule has 3 aromatic rings. The minimum absolute atomic E-state index is 0.0888. The number of para-hydroxylation sites is 1. The molecule has 8 heteroatoms. The van der Waals surface area contributed by atoms with E-state index in [9.17, 15) is 9.59 Å². The van der Waals surface area contributed by atoms with Gasteiger partial charge in [-0.25, -0.2) is 4.79 Å². The first-order chi connectivity index (χ1) is 16.5. The van der Waals surface area contributed by atoms with Gasteiger partial charge in [-0.05, 0) is 61.7 Å². The molecule has 2 N–H and O–H groups in total. The average Bonchev–Trinajstić information content (AvgIpc) is 2.85. The number of thioether (sulfide) groups is 1. The molecule has 0 unspecified atom stereocenters. The highest BCUT2D eigenvalue weighted by molar-refractivity contribution is 7.98. The fourth-order valence-electron chi connectivity index (χ4n) is 3.75. The first kappa shape index (κ1) is 25.6. The number of fused-ring (bicyclic) bond motifs is 1. The van der Waals surface area contributed by atoms with E-state index in [1.807, 2.05) is 54.6 Å². The van der Waals surface area contributed by atoms with E-state index in [0.717, 1.165) is 42.6 Å². The lowest BCUT2D eigenvalue weighted by molar-refractivity contribution is -0.118. The van der Waals surface area contributed by atoms with Crippen molar-refractivity contribution in [1.29, 1.82) is 0 Å². The van der Waals surface area contributed by atoms with Gasteiger partial charge in [0.25, 0.3) is 0 Å². The number of carbonyl (C=O) groups excluding carboxylic acids is 1. The van der Waals surface area contributed by atoms with Crippen molar-refractivity contribution in [2.24, 2.45) is 0 Å². The highest BCUT2D eigenvalue weighted by atomic mass is 32.2. The van der Waals surface area contributed by atoms with E-state index in [4.69, 9.17) is 9.15 Å². The van der Waals surface area contributed by atoms with Crippen LogP contribution in [0.1, 0.15) is 26.2 Å². The van der Waals surface area contributed by atoms with Crippen LogP contribution in [-0.4, -0.2) is 44.7 Å². The number of nitrogens with zero attached hydrogens (tertiary/aromatic N) is 1. The Morgan fingerprint density at radius 1 is 1.21 bits per heavy atom. The number of amides is 1. The lowest BCUT2D eigenvalue weighted by Gasteiger charge is -2.23. The Morgan fingerprint density at radius 3 is 2.74 bits per heavy atom. The molecule has 0 fully saturated rings. The van der Waals surface area contributed by atoms with Crippen LogP contribution in [0.2, 0.25) is 0 Å². The quantitative estimate of drug-likeness (QED) is 0.276. The van der Waals surface area contributed by atoms with E-state index in [1.165, 1.54) is 6.07 Å². The molecule has 0 aliphatic heterocycles. The third-order valence-corrected chi connectivity index (χ3v) is 6.31. The Bertz CT molecular complexity index is 1160. The van der Waals surface area contributed by atoms with Gasteiger partial charge in [0, 0.05) is 24.2 Å². The van der Waals surface area contributed by atoms with Crippen LogP contribution in [0.5, 0.6) is 5.75 Å². The van der Waals surface area contributed by atoms with Gasteiger partial charge in [-0.1, -0.05) is 25.5 Å². The fraction of sp³-hybridized carbons (Fsp3) is 0.385. The predicted molar refractivity (Wildman–Crippen MR) is 142 cm³/mol. The third-order valence-electron chi connectivity index (χ3n) is 5.67. The third kappa shape index (κ3) is 6.33. The molecular weight excluding hydrogens is 450 g/mol. The van der Waals surface area contributed by atoms with Gasteiger partial charge in [0.05, 0.1) is 24.5 Å². The Kier molecular flexibility index (Phi) is 9.42. The molecule has 2 aromatic carbocycles. The standard InChI is InChI=1S/C26H33N3O4S/c1-5-6-14-27-20(13-15-34-4)26(31)28-21-16-18(11-12-24(21)32-3)29(2)22-17-25(30)33-23-10-8-7-9-19(22)23/h7-12,16-17,20,27H,5-6,13-15H2,1-4H3,(H,28,31)/t20-/m0/s1. The van der Waals surface area contributed by atoms with E-state index < -0.39 is 5.63 Å². The summed E-state index contributed by atoms with van der Waals surface area (Å²) in [7, 11) is 3.46. The number of benzene rings is 2. The van der Waals surface area contributed by atoms with Gasteiger partial charge in [-0.3, -0.25) is 4.79 Å². The van der Waals surface area contributed by atoms with Gasteiger partial charge in [0.2, 0.25) is 5.91 Å². The van der Waals surface area contributed by atoms with Crippen molar-refractivity contribution in [2.45, 2.75) is 32.2 Å². The molecule has 1 atom stereocenters. The topological polar surface area (TPSA) is 83.8 Å². The van der Waals surface area contributed by atoms with Gasteiger partial charge in [0.15, 0.2) is 0 Å². The highest BCUT2D eigenvalue weighted by Gasteiger charge is 2.20. The number of rotatable bonds is 12. The number of nitrogens with one attached hydrogen (secondary N) is 2. The molecule has 34 heavy (non-hydrogen) atoms. The summed E-state index contributed by atoms with van der Waals surface area (Å²) in [6, 6.07) is 14.2. The van der Waals surface area contributed by atoms with Gasteiger partial charge in [-0.15, -0.1) is 0 Å². The van der Waals surface area contributed by atoms with Crippen molar-refractivity contribution in [2.75, 3.05) is 42.9 Å². The molecule has 0 radical (unpaired) electrons. The highest BCUT2D eigenvalue weighted by Crippen LogP contribution is 2.34. The maximum atomic E-state index is 13.1. The molecule has 0 spiro atoms. The van der Waals surface area contributed by atoms with Crippen LogP contribution >= 0.6 is 11.8 Å². The summed E-state index contributed by atoms with van der Waals surface area (Å²) in [4.78, 5) is 27.2. The zero-order valence-corrected chi connectivity index (χ0v) is 21.0. The molecule has 7 nitrogen and oxygen atoms in total. The van der Waals surface area contributed by atoms with Crippen molar-refractivity contribution < 1.29 is 13.9 Å². The number of methoxy groups -OCH3 is 1. The summed E-state index contributed by atoms with van der Waals surface area (Å²) in [5.41, 5.74) is 2.20. The van der Waals surface area contributed by atoms with Crippen LogP contribution in [-0.2, 0) is 4.79 Å². The second-order valence-electron chi connectivity index (χ2n) is 8.02. The first-order valence-corrected chi connectivity index (χ1v) is 12.9. The van der Waals surface area contributed by atoms with Crippen molar-refractivity contribution >= 4 is 45.7 Å². The molecular formula is C26H33N3O4S. The normalized spacial score (nSPS) is 11.9. The van der Waals surface area contributed by atoms with Crippen LogP contribution in [0.25, 0.3) is 11.0 Å². The molecule has 0 saturated carbocycles. The number of hydrogen-bond donors (Lipinski definition) is 2. The van der Waals surface area contributed by atoms with Crippen LogP contribution in [0.3, 0.4) is 0 Å². The van der Waals surface area contributed by atoms with E-state index in [0.29, 0.717) is 22.7 Å². The summed E-state index contributed by atoms with van der Waals surface area (Å²) >= 11 is 1.72. The maximum absolute atomic E-state index is 13.1. The van der Waals surface area contributed by atoms with Crippen molar-refractivity contribution in [3.05, 3.63) is 59.0 Å². The minimum atomic E-state index is -0.419. The number of anilines is 3. The second-order valence-corrected chi connectivity index (χ2v) is 9.01. The Morgan fingerprint density at radius 2 is 2.00 bits per heavy atom. The molecule has 3 rings (SSSR count). The molecule has 1 aromatic heterocycles. The van der Waals surface area contributed by atoms with Gasteiger partial charge in [-0.2, -0.15) is 11.8 Å². The lowest BCUT2D eigenvalue weighted by atomic mass is 10.1. The molecule has 182 valence electrons. The van der Waals surface area contributed by atoms with Crippen molar-refractivity contribution in [1.82, 2.24) is 5.32 Å². The summed E-state index contributed by atoms with van der Waals surface area (Å²) in [5.74, 6) is 1.37. The zero-order valence-electron chi connectivity index (χ0n) is 20.2. The minimum Gasteiger partial charge on any atom is -0.495 e. The molecule has 0 aliphatic rings. The van der Waals surface area contributed by atoms with E-state index >= 15 is 0 Å². The summed E-state index contributed by atoms with van der Waals surface area (Å²) in [6.07, 6.45) is 4.87. The molecule has 1 amide bonds. The van der Waals surface area contributed by atoms with Crippen molar-refractivity contribution in [3.63, 3.8) is 0 Å². The smallest absolute Gasteiger partial charge is 0.338 e. The van der Waals surface area contributed by atoms with E-state index in [1.54, 1.807) is 24.9 Å². The number of carbonyl (C=O) groups is 1. The average molecular weight is 484 g/mol. The van der Waals surface area contributed by atoms with Crippen LogP contribution < -0.4 is 25.9 Å². The molecule has 0 aliphatic carbocycles. The van der Waals surface area contributed by atoms with Crippen molar-refractivity contribution in [3.8, 4) is 5.75 Å². The Hall–Kier alpha value is -2.97. The zero-order chi connectivity index (χ0) is 24.5. The summed E-state index contributed by atoms with van der Waals surface area (Å²) in [6.45, 7) is 2.93. The Balaban J connectivity index is 1.90. The number of hydrogen-bond acceptors (Lipinski definition) is 7. The second kappa shape index (κ2) is 12.5. The number of ether oxygens (including phenoxy) is 1. The number of unbranched alkanes of at least 4 members (excludes halogenated alkanes) is 1. The molecule has 0 bridgehead atoms. The van der Waals surface area contributed by atoms with Crippen LogP contribution in [0.15, 0.2) is 57.7 Å². The van der Waals surface area contributed by atoms with E-state index in [2.05, 4.69) is 17.6 Å². The van der Waals surface area contributed by atoms with Gasteiger partial charge >= 0.3 is 5.63 Å². The maximum Gasteiger partial charge on any atom is 0.338 e. The van der Waals surface area contributed by atoms with Gasteiger partial charge < -0.3 is 24.7 Å². The first-order valence-electron chi connectivity index (χ1n) is 11.5. The monoisotopic (exact) mass is 483 g/mol. The van der Waals surface area contributed by atoms with Gasteiger partial charge in [0.1, 0.15) is 11.3 Å². The van der Waals surface area contributed by atoms with Crippen LogP contribution in [0, 0.1) is 0 Å². The SMILES string of the molecule is CCCCN[C@@H](CCSC)C(=O)Nc1cc(N(C)c2cc(=O)oc3ccccc23)ccc1OC.